The van der Waals surface area contributed by atoms with E-state index in [-0.39, 0.29) is 0 Å². The van der Waals surface area contributed by atoms with Gasteiger partial charge in [0.25, 0.3) is 0 Å². The first-order valence-electron chi connectivity index (χ1n) is 7.79. The molecule has 0 radical (unpaired) electrons. The normalized spacial score (nSPS) is 19.1. The third-order valence-corrected chi connectivity index (χ3v) is 4.10. The summed E-state index contributed by atoms with van der Waals surface area (Å²) in [4.78, 5) is 2.48. The van der Waals surface area contributed by atoms with Crippen molar-refractivity contribution in [3.8, 4) is 0 Å². The van der Waals surface area contributed by atoms with Crippen LogP contribution in [0.15, 0.2) is 18.2 Å². The molecule has 3 heteroatoms. The molecule has 2 N–H and O–H groups in total. The van der Waals surface area contributed by atoms with Crippen molar-refractivity contribution in [2.75, 3.05) is 24.6 Å². The van der Waals surface area contributed by atoms with E-state index in [0.717, 1.165) is 26.1 Å². The van der Waals surface area contributed by atoms with Gasteiger partial charge < -0.3 is 15.3 Å². The number of aliphatic hydroxyl groups is 1. The summed E-state index contributed by atoms with van der Waals surface area (Å²) >= 11 is 0. The van der Waals surface area contributed by atoms with E-state index in [1.54, 1.807) is 0 Å². The molecule has 3 nitrogen and oxygen atoms in total. The molecule has 0 amide bonds. The van der Waals surface area contributed by atoms with E-state index in [0.29, 0.717) is 18.6 Å². The zero-order valence-corrected chi connectivity index (χ0v) is 13.0. The summed E-state index contributed by atoms with van der Waals surface area (Å²) in [7, 11) is 0. The molecule has 1 saturated heterocycles. The van der Waals surface area contributed by atoms with Gasteiger partial charge in [0, 0.05) is 38.0 Å². The number of rotatable bonds is 6. The number of nitrogens with one attached hydrogen (secondary N) is 1. The van der Waals surface area contributed by atoms with Crippen molar-refractivity contribution in [1.29, 1.82) is 0 Å². The Morgan fingerprint density at radius 2 is 2.20 bits per heavy atom. The van der Waals surface area contributed by atoms with Gasteiger partial charge in [0.1, 0.15) is 0 Å². The lowest BCUT2D eigenvalue weighted by atomic mass is 10.1. The number of nitrogens with zero attached hydrogens (tertiary/aromatic N) is 1. The van der Waals surface area contributed by atoms with Crippen LogP contribution in [0, 0.1) is 12.8 Å². The molecular formula is C17H28N2O. The van der Waals surface area contributed by atoms with Crippen LogP contribution in [-0.4, -0.2) is 30.8 Å². The first-order valence-corrected chi connectivity index (χ1v) is 7.79. The van der Waals surface area contributed by atoms with E-state index in [9.17, 15) is 0 Å². The van der Waals surface area contributed by atoms with Crippen molar-refractivity contribution >= 4 is 5.69 Å². The Bertz CT molecular complexity index is 431. The zero-order chi connectivity index (χ0) is 14.5. The van der Waals surface area contributed by atoms with E-state index >= 15 is 0 Å². The molecule has 1 fully saturated rings. The Balaban J connectivity index is 2.10. The van der Waals surface area contributed by atoms with Crippen LogP contribution in [0.25, 0.3) is 0 Å². The maximum absolute atomic E-state index is 9.09. The number of anilines is 1. The lowest BCUT2D eigenvalue weighted by Crippen LogP contribution is -2.26. The first kappa shape index (κ1) is 15.3. The highest BCUT2D eigenvalue weighted by Crippen LogP contribution is 2.29. The van der Waals surface area contributed by atoms with Gasteiger partial charge in [0.2, 0.25) is 0 Å². The standard InChI is InChI=1S/C17H28N2O/c1-13(2)18-11-16-10-14(3)4-5-17(16)19-8-6-15(12-19)7-9-20/h4-5,10,13,15,18,20H,6-9,11-12H2,1-3H3. The van der Waals surface area contributed by atoms with Gasteiger partial charge in [-0.25, -0.2) is 0 Å². The highest BCUT2D eigenvalue weighted by Gasteiger charge is 2.23. The third kappa shape index (κ3) is 3.97. The van der Waals surface area contributed by atoms with E-state index in [4.69, 9.17) is 5.11 Å². The predicted molar refractivity (Wildman–Crippen MR) is 85.2 cm³/mol. The maximum Gasteiger partial charge on any atom is 0.0434 e. The fourth-order valence-corrected chi connectivity index (χ4v) is 2.95. The first-order chi connectivity index (χ1) is 9.60. The minimum absolute atomic E-state index is 0.314. The van der Waals surface area contributed by atoms with E-state index in [1.807, 2.05) is 0 Å². The Morgan fingerprint density at radius 3 is 2.90 bits per heavy atom. The zero-order valence-electron chi connectivity index (χ0n) is 13.0. The second-order valence-electron chi connectivity index (χ2n) is 6.28. The Hall–Kier alpha value is -1.06. The van der Waals surface area contributed by atoms with Crippen molar-refractivity contribution < 1.29 is 5.11 Å². The third-order valence-electron chi connectivity index (χ3n) is 4.10. The van der Waals surface area contributed by atoms with Crippen LogP contribution in [0.5, 0.6) is 0 Å². The van der Waals surface area contributed by atoms with Gasteiger partial charge in [-0.3, -0.25) is 0 Å². The smallest absolute Gasteiger partial charge is 0.0434 e. The largest absolute Gasteiger partial charge is 0.396 e. The van der Waals surface area contributed by atoms with E-state index in [1.165, 1.54) is 23.2 Å². The van der Waals surface area contributed by atoms with Crippen molar-refractivity contribution in [1.82, 2.24) is 5.32 Å². The predicted octanol–water partition coefficient (Wildman–Crippen LogP) is 2.70. The van der Waals surface area contributed by atoms with Crippen LogP contribution in [0.4, 0.5) is 5.69 Å². The monoisotopic (exact) mass is 276 g/mol. The average Bonchev–Trinajstić information content (AvgIpc) is 2.85. The van der Waals surface area contributed by atoms with Gasteiger partial charge in [-0.2, -0.15) is 0 Å². The van der Waals surface area contributed by atoms with Crippen LogP contribution in [0.2, 0.25) is 0 Å². The lowest BCUT2D eigenvalue weighted by Gasteiger charge is -2.23. The Kier molecular flexibility index (Phi) is 5.44. The molecule has 1 aromatic carbocycles. The van der Waals surface area contributed by atoms with Crippen LogP contribution < -0.4 is 10.2 Å². The Morgan fingerprint density at radius 1 is 1.40 bits per heavy atom. The molecule has 1 aliphatic heterocycles. The van der Waals surface area contributed by atoms with Gasteiger partial charge in [-0.1, -0.05) is 31.5 Å². The molecule has 0 spiro atoms. The summed E-state index contributed by atoms with van der Waals surface area (Å²) in [5.74, 6) is 0.646. The molecule has 20 heavy (non-hydrogen) atoms. The molecule has 0 aromatic heterocycles. The van der Waals surface area contributed by atoms with Crippen molar-refractivity contribution in [3.63, 3.8) is 0 Å². The number of hydrogen-bond acceptors (Lipinski definition) is 3. The highest BCUT2D eigenvalue weighted by molar-refractivity contribution is 5.55. The van der Waals surface area contributed by atoms with Gasteiger partial charge in [-0.15, -0.1) is 0 Å². The van der Waals surface area contributed by atoms with Crippen LogP contribution >= 0.6 is 0 Å². The average molecular weight is 276 g/mol. The van der Waals surface area contributed by atoms with E-state index in [2.05, 4.69) is 49.2 Å². The molecule has 1 heterocycles. The summed E-state index contributed by atoms with van der Waals surface area (Å²) in [5.41, 5.74) is 4.08. The van der Waals surface area contributed by atoms with Gasteiger partial charge in [0.15, 0.2) is 0 Å². The number of aryl methyl sites for hydroxylation is 1. The van der Waals surface area contributed by atoms with Crippen molar-refractivity contribution in [2.45, 2.75) is 46.2 Å². The molecule has 0 aliphatic carbocycles. The number of aliphatic hydroxyl groups excluding tert-OH is 1. The molecule has 2 rings (SSSR count). The minimum Gasteiger partial charge on any atom is -0.396 e. The van der Waals surface area contributed by atoms with Crippen molar-refractivity contribution in [3.05, 3.63) is 29.3 Å². The van der Waals surface area contributed by atoms with Gasteiger partial charge >= 0.3 is 0 Å². The number of hydrogen-bond donors (Lipinski definition) is 2. The van der Waals surface area contributed by atoms with Crippen molar-refractivity contribution in [2.24, 2.45) is 5.92 Å². The summed E-state index contributed by atoms with van der Waals surface area (Å²) in [6.45, 7) is 9.96. The lowest BCUT2D eigenvalue weighted by molar-refractivity contribution is 0.263. The number of benzene rings is 1. The molecule has 1 aromatic rings. The molecule has 112 valence electrons. The summed E-state index contributed by atoms with van der Waals surface area (Å²) in [6.07, 6.45) is 2.13. The summed E-state index contributed by atoms with van der Waals surface area (Å²) in [6, 6.07) is 7.26. The van der Waals surface area contributed by atoms with Gasteiger partial charge in [0.05, 0.1) is 0 Å². The van der Waals surface area contributed by atoms with Crippen LogP contribution in [0.3, 0.4) is 0 Å². The van der Waals surface area contributed by atoms with Crippen LogP contribution in [-0.2, 0) is 6.54 Å². The SMILES string of the molecule is Cc1ccc(N2CCC(CCO)C2)c(CNC(C)C)c1. The fraction of sp³-hybridized carbons (Fsp3) is 0.647. The highest BCUT2D eigenvalue weighted by atomic mass is 16.3. The molecule has 1 unspecified atom stereocenters. The quantitative estimate of drug-likeness (QED) is 0.838. The summed E-state index contributed by atoms with van der Waals surface area (Å²) < 4.78 is 0. The second kappa shape index (κ2) is 7.09. The molecule has 1 atom stereocenters. The summed E-state index contributed by atoms with van der Waals surface area (Å²) in [5, 5.41) is 12.6. The van der Waals surface area contributed by atoms with E-state index < -0.39 is 0 Å². The molecule has 0 saturated carbocycles. The van der Waals surface area contributed by atoms with Crippen LogP contribution in [0.1, 0.15) is 37.8 Å². The fourth-order valence-electron chi connectivity index (χ4n) is 2.95. The molecular weight excluding hydrogens is 248 g/mol. The maximum atomic E-state index is 9.09. The molecule has 0 bridgehead atoms. The second-order valence-corrected chi connectivity index (χ2v) is 6.28. The topological polar surface area (TPSA) is 35.5 Å². The van der Waals surface area contributed by atoms with Gasteiger partial charge in [-0.05, 0) is 37.3 Å². The minimum atomic E-state index is 0.314. The Labute approximate surface area is 123 Å². The molecule has 1 aliphatic rings.